The van der Waals surface area contributed by atoms with Gasteiger partial charge in [-0.25, -0.2) is 0 Å². The van der Waals surface area contributed by atoms with Crippen molar-refractivity contribution in [3.8, 4) is 0 Å². The van der Waals surface area contributed by atoms with Gasteiger partial charge in [-0.3, -0.25) is 0 Å². The predicted octanol–water partition coefficient (Wildman–Crippen LogP) is 1.52. The van der Waals surface area contributed by atoms with Crippen LogP contribution in [0.4, 0.5) is 0 Å². The Morgan fingerprint density at radius 2 is 1.86 bits per heavy atom. The van der Waals surface area contributed by atoms with Crippen LogP contribution in [0.1, 0.15) is 0 Å². The van der Waals surface area contributed by atoms with Gasteiger partial charge in [0.15, 0.2) is 0 Å². The Bertz CT molecular complexity index is 63.0. The van der Waals surface area contributed by atoms with E-state index in [0.717, 1.165) is 10.7 Å². The predicted molar refractivity (Wildman–Crippen MR) is 34.2 cm³/mol. The van der Waals surface area contributed by atoms with Crippen LogP contribution in [0.3, 0.4) is 0 Å². The molecule has 0 fully saturated rings. The van der Waals surface area contributed by atoms with Crippen molar-refractivity contribution in [2.45, 2.75) is 19.3 Å². The van der Waals surface area contributed by atoms with Gasteiger partial charge in [0.1, 0.15) is 0 Å². The maximum atomic E-state index is 9.87. The first-order valence-corrected chi connectivity index (χ1v) is 13.1. The van der Waals surface area contributed by atoms with Crippen molar-refractivity contribution in [2.24, 2.45) is 0 Å². The van der Waals surface area contributed by atoms with Crippen LogP contribution in [-0.2, 0) is 4.79 Å². The van der Waals surface area contributed by atoms with Crippen molar-refractivity contribution in [1.29, 1.82) is 0 Å². The molecule has 7 heavy (non-hydrogen) atoms. The van der Waals surface area contributed by atoms with Crippen molar-refractivity contribution in [1.82, 2.24) is 0 Å². The van der Waals surface area contributed by atoms with Gasteiger partial charge in [0.05, 0.1) is 0 Å². The molecular formula is C5H12OSn. The van der Waals surface area contributed by atoms with Gasteiger partial charge in [-0.15, -0.1) is 0 Å². The molecular weight excluding hydrogens is 195 g/mol. The summed E-state index contributed by atoms with van der Waals surface area (Å²) < 4.78 is 0.870. The Balaban J connectivity index is 3.34. The number of carbonyl (C=O) groups is 1. The van der Waals surface area contributed by atoms with Crippen LogP contribution in [0.15, 0.2) is 0 Å². The number of aldehydes is 1. The summed E-state index contributed by atoms with van der Waals surface area (Å²) in [5.41, 5.74) is 0. The van der Waals surface area contributed by atoms with Gasteiger partial charge in [-0.2, -0.15) is 0 Å². The monoisotopic (exact) mass is 208 g/mol. The Kier molecular flexibility index (Phi) is 2.88. The van der Waals surface area contributed by atoms with E-state index >= 15 is 0 Å². The number of rotatable bonds is 2. The number of carbonyl (C=O) groups excluding carboxylic acids is 1. The van der Waals surface area contributed by atoms with E-state index in [0.29, 0.717) is 0 Å². The van der Waals surface area contributed by atoms with E-state index in [1.807, 2.05) is 0 Å². The van der Waals surface area contributed by atoms with Crippen LogP contribution >= 0.6 is 0 Å². The summed E-state index contributed by atoms with van der Waals surface area (Å²) >= 11 is -1.64. The number of hydrogen-bond donors (Lipinski definition) is 0. The molecule has 0 aliphatic rings. The quantitative estimate of drug-likeness (QED) is 0.495. The van der Waals surface area contributed by atoms with E-state index < -0.39 is 18.4 Å². The summed E-state index contributed by atoms with van der Waals surface area (Å²) in [5, 5.41) is 0. The van der Waals surface area contributed by atoms with Crippen molar-refractivity contribution in [2.75, 3.05) is 0 Å². The Labute approximate surface area is 49.0 Å². The van der Waals surface area contributed by atoms with Crippen molar-refractivity contribution in [3.05, 3.63) is 0 Å². The standard InChI is InChI=1S/C2H3O.3CH3.Sn/c1-2-3;;;;/h2H,1H2;3*1H3;. The third-order valence-corrected chi connectivity index (χ3v) is 4.67. The van der Waals surface area contributed by atoms with Crippen LogP contribution < -0.4 is 0 Å². The average Bonchev–Trinajstić information content (AvgIpc) is 1.30. The first-order valence-electron chi connectivity index (χ1n) is 2.50. The van der Waals surface area contributed by atoms with Gasteiger partial charge in [-0.05, 0) is 0 Å². The molecule has 0 radical (unpaired) electrons. The zero-order valence-corrected chi connectivity index (χ0v) is 8.05. The second-order valence-electron chi connectivity index (χ2n) is 2.93. The second-order valence-corrected chi connectivity index (χ2v) is 18.7. The summed E-state index contributed by atoms with van der Waals surface area (Å²) in [6.45, 7) is 0. The fourth-order valence-electron chi connectivity index (χ4n) is 0.250. The molecule has 0 aromatic rings. The first kappa shape index (κ1) is 7.47. The molecule has 0 amide bonds. The molecule has 0 rings (SSSR count). The molecule has 2 heteroatoms. The molecule has 1 nitrogen and oxygen atoms in total. The molecule has 0 N–H and O–H groups in total. The third-order valence-electron chi connectivity index (χ3n) is 0.696. The van der Waals surface area contributed by atoms with Crippen LogP contribution in [0, 0.1) is 0 Å². The molecule has 0 spiro atoms. The molecule has 0 bridgehead atoms. The SMILES string of the molecule is [CH3][Sn]([CH3])([CH3])[CH2]C=O. The van der Waals surface area contributed by atoms with Gasteiger partial charge in [0.25, 0.3) is 0 Å². The summed E-state index contributed by atoms with van der Waals surface area (Å²) in [4.78, 5) is 16.6. The summed E-state index contributed by atoms with van der Waals surface area (Å²) in [6, 6.07) is 0. The minimum absolute atomic E-state index is 0.870. The molecule has 0 aromatic heterocycles. The third kappa shape index (κ3) is 6.47. The van der Waals surface area contributed by atoms with Gasteiger partial charge >= 0.3 is 48.7 Å². The van der Waals surface area contributed by atoms with E-state index in [-0.39, 0.29) is 0 Å². The molecule has 0 aliphatic carbocycles. The van der Waals surface area contributed by atoms with E-state index in [4.69, 9.17) is 0 Å². The Hall–Kier alpha value is 0.469. The maximum absolute atomic E-state index is 9.87. The van der Waals surface area contributed by atoms with E-state index in [1.165, 1.54) is 0 Å². The molecule has 0 aliphatic heterocycles. The molecule has 42 valence electrons. The first-order chi connectivity index (χ1) is 3.06. The van der Waals surface area contributed by atoms with Crippen LogP contribution in [0.25, 0.3) is 0 Å². The minimum atomic E-state index is -1.64. The zero-order valence-electron chi connectivity index (χ0n) is 5.19. The molecule has 0 atom stereocenters. The molecule has 0 unspecified atom stereocenters. The van der Waals surface area contributed by atoms with Crippen molar-refractivity contribution >= 4 is 24.7 Å². The Morgan fingerprint density at radius 3 is 1.86 bits per heavy atom. The van der Waals surface area contributed by atoms with Crippen molar-refractivity contribution in [3.63, 3.8) is 0 Å². The van der Waals surface area contributed by atoms with Gasteiger partial charge in [-0.1, -0.05) is 0 Å². The van der Waals surface area contributed by atoms with Crippen LogP contribution in [0.5, 0.6) is 0 Å². The molecule has 0 saturated heterocycles. The molecule has 0 saturated carbocycles. The van der Waals surface area contributed by atoms with Crippen molar-refractivity contribution < 1.29 is 4.79 Å². The topological polar surface area (TPSA) is 17.1 Å². The van der Waals surface area contributed by atoms with Crippen LogP contribution in [-0.4, -0.2) is 24.7 Å². The molecule has 0 aromatic carbocycles. The van der Waals surface area contributed by atoms with E-state index in [1.54, 1.807) is 0 Å². The second kappa shape index (κ2) is 2.70. The fraction of sp³-hybridized carbons (Fsp3) is 0.800. The summed E-state index contributed by atoms with van der Waals surface area (Å²) in [6.07, 6.45) is 1.05. The zero-order chi connectivity index (χ0) is 5.91. The van der Waals surface area contributed by atoms with E-state index in [2.05, 4.69) is 14.8 Å². The molecule has 0 heterocycles. The van der Waals surface area contributed by atoms with Gasteiger partial charge < -0.3 is 0 Å². The van der Waals surface area contributed by atoms with E-state index in [9.17, 15) is 4.79 Å². The number of hydrogen-bond acceptors (Lipinski definition) is 1. The summed E-state index contributed by atoms with van der Waals surface area (Å²) in [5.74, 6) is 0. The fourth-order valence-corrected chi connectivity index (χ4v) is 1.68. The van der Waals surface area contributed by atoms with Gasteiger partial charge in [0, 0.05) is 0 Å². The summed E-state index contributed by atoms with van der Waals surface area (Å²) in [7, 11) is 0. The average molecular weight is 207 g/mol. The van der Waals surface area contributed by atoms with Crippen LogP contribution in [0.2, 0.25) is 19.3 Å². The normalized spacial score (nSPS) is 11.3. The van der Waals surface area contributed by atoms with Gasteiger partial charge in [0.2, 0.25) is 0 Å². The Morgan fingerprint density at radius 1 is 1.43 bits per heavy atom.